The molecular weight excluding hydrogens is 735 g/mol. The fourth-order valence-corrected chi connectivity index (χ4v) is 8.41. The minimum absolute atomic E-state index is 0.173. The molecule has 60 heavy (non-hydrogen) atoms. The summed E-state index contributed by atoms with van der Waals surface area (Å²) in [6.07, 6.45) is 1.47. The van der Waals surface area contributed by atoms with E-state index in [0.29, 0.717) is 45.7 Å². The molecule has 0 amide bonds. The molecule has 10 rings (SSSR count). The molecule has 0 aliphatic rings. The lowest BCUT2D eigenvalue weighted by molar-refractivity contribution is 0.483. The van der Waals surface area contributed by atoms with Gasteiger partial charge in [-0.2, -0.15) is 0 Å². The molecule has 3 aromatic heterocycles. The van der Waals surface area contributed by atoms with Crippen LogP contribution in [0.5, 0.6) is 11.5 Å². The van der Waals surface area contributed by atoms with Gasteiger partial charge in [-0.15, -0.1) is 0 Å². The third-order valence-electron chi connectivity index (χ3n) is 11.4. The summed E-state index contributed by atoms with van der Waals surface area (Å²) in [5.74, 6) is 2.63. The van der Waals surface area contributed by atoms with Crippen molar-refractivity contribution in [2.75, 3.05) is 0 Å². The maximum absolute atomic E-state index is 8.46. The molecule has 0 fully saturated rings. The van der Waals surface area contributed by atoms with Gasteiger partial charge in [0.05, 0.1) is 22.4 Å². The molecule has 0 radical (unpaired) electrons. The number of nitrogens with zero attached hydrogens (tertiary/aromatic N) is 3. The van der Waals surface area contributed by atoms with Gasteiger partial charge in [-0.3, -0.25) is 9.55 Å². The number of hydrogen-bond donors (Lipinski definition) is 0. The summed E-state index contributed by atoms with van der Waals surface area (Å²) in [5, 5.41) is 1.79. The highest BCUT2D eigenvalue weighted by Gasteiger charge is 2.23. The van der Waals surface area contributed by atoms with Gasteiger partial charge in [-0.05, 0) is 106 Å². The topological polar surface area (TPSA) is 53.1 Å². The molecular formula is C55H45N3O2. The van der Waals surface area contributed by atoms with Crippen LogP contribution in [0, 0.1) is 6.85 Å². The maximum Gasteiger partial charge on any atom is 0.145 e. The lowest BCUT2D eigenvalue weighted by atomic mass is 9.92. The van der Waals surface area contributed by atoms with Gasteiger partial charge in [0.2, 0.25) is 0 Å². The number of hydrogen-bond acceptors (Lipinski definition) is 4. The highest BCUT2D eigenvalue weighted by molar-refractivity contribution is 6.10. The van der Waals surface area contributed by atoms with Crippen molar-refractivity contribution in [3.05, 3.63) is 187 Å². The zero-order chi connectivity index (χ0) is 43.4. The molecule has 0 aliphatic heterocycles. The van der Waals surface area contributed by atoms with E-state index in [-0.39, 0.29) is 5.56 Å². The third kappa shape index (κ3) is 6.62. The van der Waals surface area contributed by atoms with Crippen LogP contribution in [0.25, 0.3) is 83.6 Å². The van der Waals surface area contributed by atoms with Crippen LogP contribution in [0.2, 0.25) is 0 Å². The molecule has 0 aliphatic carbocycles. The summed E-state index contributed by atoms with van der Waals surface area (Å²) >= 11 is 0. The zero-order valence-electron chi connectivity index (χ0n) is 37.0. The first kappa shape index (κ1) is 33.7. The van der Waals surface area contributed by atoms with E-state index in [0.717, 1.165) is 55.5 Å². The molecule has 0 atom stereocenters. The SMILES string of the molecule is [2H]C([2H])([2H])c1cnc(-c2cc(Oc3cccc(-c4nc5ccccc5n4-c4c(C(C)C)cccc4C(C)C)c3)cc3c2oc2ccccc23)cc1-c1ccc(-c2ccccc2)cc1. The van der Waals surface area contributed by atoms with Crippen molar-refractivity contribution in [1.29, 1.82) is 0 Å². The van der Waals surface area contributed by atoms with Gasteiger partial charge in [0, 0.05) is 32.2 Å². The van der Waals surface area contributed by atoms with Crippen LogP contribution in [0.15, 0.2) is 174 Å². The van der Waals surface area contributed by atoms with Gasteiger partial charge in [-0.1, -0.05) is 143 Å². The van der Waals surface area contributed by atoms with E-state index in [1.54, 1.807) is 0 Å². The smallest absolute Gasteiger partial charge is 0.145 e. The lowest BCUT2D eigenvalue weighted by Gasteiger charge is -2.22. The number of para-hydroxylation sites is 4. The summed E-state index contributed by atoms with van der Waals surface area (Å²) in [6.45, 7) is 6.58. The average molecular weight is 783 g/mol. The second kappa shape index (κ2) is 15.2. The van der Waals surface area contributed by atoms with E-state index in [1.165, 1.54) is 23.0 Å². The average Bonchev–Trinajstić information content (AvgIpc) is 3.87. The summed E-state index contributed by atoms with van der Waals surface area (Å²) in [4.78, 5) is 10.1. The zero-order valence-corrected chi connectivity index (χ0v) is 34.0. The van der Waals surface area contributed by atoms with E-state index in [1.807, 2.05) is 109 Å². The Kier molecular flexibility index (Phi) is 8.52. The second-order valence-electron chi connectivity index (χ2n) is 16.0. The minimum Gasteiger partial charge on any atom is -0.457 e. The van der Waals surface area contributed by atoms with Gasteiger partial charge < -0.3 is 9.15 Å². The molecule has 5 nitrogen and oxygen atoms in total. The maximum atomic E-state index is 8.46. The van der Waals surface area contributed by atoms with Crippen molar-refractivity contribution >= 4 is 33.0 Å². The summed E-state index contributed by atoms with van der Waals surface area (Å²) in [7, 11) is 0. The number of pyridine rings is 1. The molecule has 0 saturated heterocycles. The number of aromatic nitrogens is 3. The van der Waals surface area contributed by atoms with Gasteiger partial charge in [0.25, 0.3) is 0 Å². The number of benzene rings is 7. The van der Waals surface area contributed by atoms with Gasteiger partial charge in [0.1, 0.15) is 28.5 Å². The Morgan fingerprint density at radius 3 is 2.05 bits per heavy atom. The third-order valence-corrected chi connectivity index (χ3v) is 11.4. The normalized spacial score (nSPS) is 12.7. The van der Waals surface area contributed by atoms with Crippen molar-refractivity contribution in [3.63, 3.8) is 0 Å². The first-order valence-corrected chi connectivity index (χ1v) is 20.5. The molecule has 0 bridgehead atoms. The summed E-state index contributed by atoms with van der Waals surface area (Å²) in [6, 6.07) is 54.8. The number of imidazole rings is 1. The summed E-state index contributed by atoms with van der Waals surface area (Å²) in [5.41, 5.74) is 12.8. The fourth-order valence-electron chi connectivity index (χ4n) is 8.41. The standard InChI is InChI=1S/C55H45N3O2/c1-34(2)43-20-14-21-44(35(3)4)53(43)58-51-23-11-10-22-49(51)57-55(58)40-17-13-18-41(29-40)59-42-30-47-45-19-9-12-24-52(45)60-54(47)48(31-42)50-32-46(36(5)33-56-50)39-27-25-38(26-28-39)37-15-7-6-8-16-37/h6-35H,1-5H3/i5D3. The molecule has 0 saturated carbocycles. The Morgan fingerprint density at radius 2 is 1.27 bits per heavy atom. The minimum atomic E-state index is -2.39. The highest BCUT2D eigenvalue weighted by atomic mass is 16.5. The molecule has 5 heteroatoms. The van der Waals surface area contributed by atoms with Crippen LogP contribution in [0.3, 0.4) is 0 Å². The number of aryl methyl sites for hydroxylation is 1. The fraction of sp³-hybridized carbons (Fsp3) is 0.127. The second-order valence-corrected chi connectivity index (χ2v) is 16.0. The quantitative estimate of drug-likeness (QED) is 0.146. The van der Waals surface area contributed by atoms with Crippen LogP contribution < -0.4 is 4.74 Å². The van der Waals surface area contributed by atoms with Crippen molar-refractivity contribution in [3.8, 4) is 62.1 Å². The van der Waals surface area contributed by atoms with Crippen LogP contribution in [-0.2, 0) is 0 Å². The first-order valence-electron chi connectivity index (χ1n) is 22.0. The van der Waals surface area contributed by atoms with Crippen molar-refractivity contribution in [2.24, 2.45) is 0 Å². The highest BCUT2D eigenvalue weighted by Crippen LogP contribution is 2.42. The number of rotatable bonds is 9. The van der Waals surface area contributed by atoms with Gasteiger partial charge in [0.15, 0.2) is 0 Å². The lowest BCUT2D eigenvalue weighted by Crippen LogP contribution is -2.08. The molecule has 10 aromatic rings. The van der Waals surface area contributed by atoms with Gasteiger partial charge >= 0.3 is 0 Å². The largest absolute Gasteiger partial charge is 0.457 e. The predicted molar refractivity (Wildman–Crippen MR) is 247 cm³/mol. The van der Waals surface area contributed by atoms with E-state index in [4.69, 9.17) is 23.2 Å². The molecule has 292 valence electrons. The van der Waals surface area contributed by atoms with E-state index in [2.05, 4.69) is 86.9 Å². The Morgan fingerprint density at radius 1 is 0.583 bits per heavy atom. The first-order chi connectivity index (χ1) is 30.5. The number of ether oxygens (including phenoxy) is 1. The molecule has 0 spiro atoms. The van der Waals surface area contributed by atoms with Crippen LogP contribution in [-0.4, -0.2) is 14.5 Å². The Balaban J connectivity index is 1.10. The Labute approximate surface area is 354 Å². The predicted octanol–water partition coefficient (Wildman–Crippen LogP) is 15.3. The molecule has 0 unspecified atom stereocenters. The monoisotopic (exact) mass is 782 g/mol. The van der Waals surface area contributed by atoms with E-state index >= 15 is 0 Å². The van der Waals surface area contributed by atoms with Crippen LogP contribution in [0.1, 0.15) is 60.3 Å². The van der Waals surface area contributed by atoms with Crippen LogP contribution in [0.4, 0.5) is 0 Å². The van der Waals surface area contributed by atoms with Crippen molar-refractivity contribution < 1.29 is 13.3 Å². The molecule has 0 N–H and O–H groups in total. The molecule has 3 heterocycles. The van der Waals surface area contributed by atoms with Crippen molar-refractivity contribution in [2.45, 2.75) is 46.4 Å². The molecule has 7 aromatic carbocycles. The number of furan rings is 1. The van der Waals surface area contributed by atoms with E-state index in [9.17, 15) is 0 Å². The van der Waals surface area contributed by atoms with E-state index < -0.39 is 6.85 Å². The number of fused-ring (bicyclic) bond motifs is 4. The Hall–Kier alpha value is -7.24. The van der Waals surface area contributed by atoms with Gasteiger partial charge in [-0.25, -0.2) is 4.98 Å². The van der Waals surface area contributed by atoms with Crippen LogP contribution >= 0.6 is 0 Å². The Bertz CT molecular complexity index is 3280. The van der Waals surface area contributed by atoms with Crippen molar-refractivity contribution in [1.82, 2.24) is 14.5 Å². The summed E-state index contributed by atoms with van der Waals surface area (Å²) < 4.78 is 41.1.